The van der Waals surface area contributed by atoms with E-state index in [1.165, 1.54) is 11.8 Å². The van der Waals surface area contributed by atoms with E-state index in [0.717, 1.165) is 22.4 Å². The van der Waals surface area contributed by atoms with Gasteiger partial charge in [-0.2, -0.15) is 0 Å². The third-order valence-corrected chi connectivity index (χ3v) is 7.66. The minimum Gasteiger partial charge on any atom is -0.490 e. The Labute approximate surface area is 240 Å². The van der Waals surface area contributed by atoms with E-state index in [0.29, 0.717) is 38.0 Å². The molecule has 0 unspecified atom stereocenters. The zero-order valence-corrected chi connectivity index (χ0v) is 24.0. The first-order valence-electron chi connectivity index (χ1n) is 11.7. The van der Waals surface area contributed by atoms with Crippen LogP contribution in [0, 0.1) is 13.8 Å². The number of carbonyl (C=O) groups is 2. The van der Waals surface area contributed by atoms with Crippen molar-refractivity contribution < 1.29 is 19.1 Å². The topological polar surface area (TPSA) is 67.9 Å². The molecule has 1 N–H and O–H groups in total. The predicted molar refractivity (Wildman–Crippen MR) is 160 cm³/mol. The van der Waals surface area contributed by atoms with Gasteiger partial charge in [-0.3, -0.25) is 14.5 Å². The fourth-order valence-electron chi connectivity index (χ4n) is 3.81. The minimum absolute atomic E-state index is 0.179. The summed E-state index contributed by atoms with van der Waals surface area (Å²) in [6, 6.07) is 16.1. The van der Waals surface area contributed by atoms with E-state index in [2.05, 4.69) is 5.32 Å². The molecule has 3 aromatic carbocycles. The van der Waals surface area contributed by atoms with Crippen LogP contribution >= 0.6 is 47.2 Å². The minimum atomic E-state index is -0.407. The summed E-state index contributed by atoms with van der Waals surface area (Å²) in [6.07, 6.45) is 1.77. The van der Waals surface area contributed by atoms with Gasteiger partial charge in [0.05, 0.1) is 32.9 Å². The molecule has 0 bridgehead atoms. The second-order valence-corrected chi connectivity index (χ2v) is 10.8. The number of rotatable bonds is 8. The number of hydrogen-bond acceptors (Lipinski definition) is 6. The Morgan fingerprint density at radius 3 is 2.61 bits per heavy atom. The van der Waals surface area contributed by atoms with Crippen LogP contribution in [0.25, 0.3) is 6.08 Å². The van der Waals surface area contributed by atoms with Crippen LogP contribution in [0.4, 0.5) is 11.4 Å². The Bertz CT molecular complexity index is 1460. The fraction of sp³-hybridized carbons (Fsp3) is 0.179. The van der Waals surface area contributed by atoms with E-state index in [1.54, 1.807) is 47.4 Å². The molecular formula is C28H24Cl2N2O4S2. The lowest BCUT2D eigenvalue weighted by molar-refractivity contribution is -0.118. The highest BCUT2D eigenvalue weighted by Crippen LogP contribution is 2.38. The summed E-state index contributed by atoms with van der Waals surface area (Å²) < 4.78 is 11.9. The number of amides is 2. The van der Waals surface area contributed by atoms with Crippen LogP contribution < -0.4 is 19.7 Å². The van der Waals surface area contributed by atoms with Gasteiger partial charge in [-0.1, -0.05) is 77.0 Å². The van der Waals surface area contributed by atoms with E-state index >= 15 is 0 Å². The summed E-state index contributed by atoms with van der Waals surface area (Å²) >= 11 is 18.9. The van der Waals surface area contributed by atoms with Crippen LogP contribution in [0.15, 0.2) is 59.5 Å². The summed E-state index contributed by atoms with van der Waals surface area (Å²) in [5.41, 5.74) is 3.99. The monoisotopic (exact) mass is 586 g/mol. The maximum Gasteiger partial charge on any atom is 0.270 e. The molecule has 0 atom stereocenters. The van der Waals surface area contributed by atoms with Crippen molar-refractivity contribution in [1.82, 2.24) is 0 Å². The summed E-state index contributed by atoms with van der Waals surface area (Å²) in [4.78, 5) is 27.7. The molecule has 1 saturated heterocycles. The Morgan fingerprint density at radius 1 is 1.08 bits per heavy atom. The molecule has 0 spiro atoms. The number of aryl methyl sites for hydroxylation is 2. The van der Waals surface area contributed by atoms with Gasteiger partial charge < -0.3 is 14.8 Å². The highest BCUT2D eigenvalue weighted by atomic mass is 35.5. The molecule has 0 aliphatic carbocycles. The van der Waals surface area contributed by atoms with Gasteiger partial charge in [0, 0.05) is 0 Å². The lowest BCUT2D eigenvalue weighted by Gasteiger charge is -2.17. The molecule has 196 valence electrons. The van der Waals surface area contributed by atoms with Crippen LogP contribution in [-0.4, -0.2) is 29.3 Å². The van der Waals surface area contributed by atoms with Gasteiger partial charge >= 0.3 is 0 Å². The van der Waals surface area contributed by atoms with Crippen LogP contribution in [0.1, 0.15) is 23.6 Å². The van der Waals surface area contributed by atoms with E-state index < -0.39 is 5.91 Å². The van der Waals surface area contributed by atoms with Crippen LogP contribution in [0.2, 0.25) is 10.0 Å². The summed E-state index contributed by atoms with van der Waals surface area (Å²) in [6.45, 7) is 5.93. The van der Waals surface area contributed by atoms with Gasteiger partial charge in [-0.25, -0.2) is 0 Å². The number of halogens is 2. The van der Waals surface area contributed by atoms with Gasteiger partial charge in [-0.15, -0.1) is 0 Å². The summed E-state index contributed by atoms with van der Waals surface area (Å²) in [7, 11) is 0. The highest BCUT2D eigenvalue weighted by Gasteiger charge is 2.34. The second kappa shape index (κ2) is 12.2. The Morgan fingerprint density at radius 2 is 1.87 bits per heavy atom. The standard InChI is InChI=1S/C28H24Cl2N2O4S2/c1-4-35-23-13-18(9-11-22(23)36-15-25(33)31-20-7-5-6-19(29)26(20)30)14-24-27(34)32(28(37)38-24)21-10-8-16(2)12-17(21)3/h5-14H,4,15H2,1-3H3,(H,31,33)/b24-14-. The third kappa shape index (κ3) is 6.32. The average Bonchev–Trinajstić information content (AvgIpc) is 3.14. The molecule has 10 heteroatoms. The molecule has 6 nitrogen and oxygen atoms in total. The number of thiocarbonyl (C=S) groups is 1. The van der Waals surface area contributed by atoms with Crippen LogP contribution in [0.5, 0.6) is 11.5 Å². The number of ether oxygens (including phenoxy) is 2. The van der Waals surface area contributed by atoms with Crippen molar-refractivity contribution in [3.05, 3.63) is 86.2 Å². The summed E-state index contributed by atoms with van der Waals surface area (Å²) in [5, 5.41) is 3.27. The molecule has 0 saturated carbocycles. The van der Waals surface area contributed by atoms with E-state index in [4.69, 9.17) is 44.9 Å². The quantitative estimate of drug-likeness (QED) is 0.218. The predicted octanol–water partition coefficient (Wildman–Crippen LogP) is 7.43. The third-order valence-electron chi connectivity index (χ3n) is 5.54. The summed E-state index contributed by atoms with van der Waals surface area (Å²) in [5.74, 6) is 0.246. The van der Waals surface area contributed by atoms with Gasteiger partial charge in [0.1, 0.15) is 0 Å². The molecule has 4 rings (SSSR count). The van der Waals surface area contributed by atoms with Gasteiger partial charge in [0.2, 0.25) is 0 Å². The average molecular weight is 588 g/mol. The molecule has 1 aliphatic rings. The van der Waals surface area contributed by atoms with Crippen molar-refractivity contribution in [3.63, 3.8) is 0 Å². The fourth-order valence-corrected chi connectivity index (χ4v) is 5.45. The molecule has 0 aromatic heterocycles. The normalized spacial score (nSPS) is 14.2. The van der Waals surface area contributed by atoms with Crippen LogP contribution in [-0.2, 0) is 9.59 Å². The maximum atomic E-state index is 13.2. The van der Waals surface area contributed by atoms with Crippen molar-refractivity contribution in [2.75, 3.05) is 23.4 Å². The number of thioether (sulfide) groups is 1. The zero-order valence-electron chi connectivity index (χ0n) is 20.8. The smallest absolute Gasteiger partial charge is 0.270 e. The van der Waals surface area contributed by atoms with Gasteiger partial charge in [0.15, 0.2) is 22.4 Å². The van der Waals surface area contributed by atoms with Crippen molar-refractivity contribution >= 4 is 80.8 Å². The van der Waals surface area contributed by atoms with Crippen molar-refractivity contribution in [1.29, 1.82) is 0 Å². The van der Waals surface area contributed by atoms with E-state index in [1.807, 2.05) is 39.0 Å². The van der Waals surface area contributed by atoms with E-state index in [9.17, 15) is 9.59 Å². The number of hydrogen-bond donors (Lipinski definition) is 1. The van der Waals surface area contributed by atoms with Crippen molar-refractivity contribution in [2.24, 2.45) is 0 Å². The molecule has 1 fully saturated rings. The molecular weight excluding hydrogens is 563 g/mol. The number of carbonyl (C=O) groups excluding carboxylic acids is 2. The van der Waals surface area contributed by atoms with Gasteiger partial charge in [-0.05, 0) is 68.3 Å². The van der Waals surface area contributed by atoms with Gasteiger partial charge in [0.25, 0.3) is 11.8 Å². The number of nitrogens with one attached hydrogen (secondary N) is 1. The Kier molecular flexibility index (Phi) is 8.99. The molecule has 3 aromatic rings. The largest absolute Gasteiger partial charge is 0.490 e. The lowest BCUT2D eigenvalue weighted by Crippen LogP contribution is -2.28. The second-order valence-electron chi connectivity index (χ2n) is 8.38. The van der Waals surface area contributed by atoms with Crippen LogP contribution in [0.3, 0.4) is 0 Å². The molecule has 1 heterocycles. The first-order valence-corrected chi connectivity index (χ1v) is 13.6. The van der Waals surface area contributed by atoms with Crippen molar-refractivity contribution in [3.8, 4) is 11.5 Å². The molecule has 0 radical (unpaired) electrons. The first kappa shape index (κ1) is 28.0. The maximum absolute atomic E-state index is 13.2. The van der Waals surface area contributed by atoms with E-state index in [-0.39, 0.29) is 17.5 Å². The van der Waals surface area contributed by atoms with Crippen molar-refractivity contribution in [2.45, 2.75) is 20.8 Å². The first-order chi connectivity index (χ1) is 18.2. The Balaban J connectivity index is 1.49. The Hall–Kier alpha value is -3.04. The molecule has 2 amide bonds. The number of anilines is 2. The number of benzene rings is 3. The highest BCUT2D eigenvalue weighted by molar-refractivity contribution is 8.27. The number of nitrogens with zero attached hydrogens (tertiary/aromatic N) is 1. The molecule has 38 heavy (non-hydrogen) atoms. The SMILES string of the molecule is CCOc1cc(/C=C2\SC(=S)N(c3ccc(C)cc3C)C2=O)ccc1OCC(=O)Nc1cccc(Cl)c1Cl. The molecule has 1 aliphatic heterocycles. The lowest BCUT2D eigenvalue weighted by atomic mass is 10.1. The zero-order chi connectivity index (χ0) is 27.4.